The summed E-state index contributed by atoms with van der Waals surface area (Å²) in [6, 6.07) is 8.35. The van der Waals surface area contributed by atoms with E-state index in [0.29, 0.717) is 10.0 Å². The van der Waals surface area contributed by atoms with E-state index in [1.807, 2.05) is 19.1 Å². The third kappa shape index (κ3) is 2.08. The van der Waals surface area contributed by atoms with Crippen molar-refractivity contribution < 1.29 is 4.39 Å². The molecule has 0 saturated heterocycles. The lowest BCUT2D eigenvalue weighted by Gasteiger charge is -2.12. The maximum Gasteiger partial charge on any atom is 0.251 e. The van der Waals surface area contributed by atoms with E-state index in [1.165, 1.54) is 12.1 Å². The summed E-state index contributed by atoms with van der Waals surface area (Å²) in [6.07, 6.45) is 1.76. The van der Waals surface area contributed by atoms with Crippen molar-refractivity contribution in [3.05, 3.63) is 68.4 Å². The molecular formula is C15H12BrFN2O. The number of fused-ring (bicyclic) bond motifs is 1. The van der Waals surface area contributed by atoms with E-state index in [0.717, 1.165) is 16.6 Å². The Labute approximate surface area is 123 Å². The molecule has 0 fully saturated rings. The minimum absolute atomic E-state index is 0.134. The summed E-state index contributed by atoms with van der Waals surface area (Å²) >= 11 is 3.44. The zero-order chi connectivity index (χ0) is 14.3. The number of hydrogen-bond donors (Lipinski definition) is 1. The van der Waals surface area contributed by atoms with Crippen LogP contribution in [0, 0.1) is 12.7 Å². The van der Waals surface area contributed by atoms with Gasteiger partial charge in [-0.3, -0.25) is 4.79 Å². The van der Waals surface area contributed by atoms with Gasteiger partial charge in [0.1, 0.15) is 5.82 Å². The summed E-state index contributed by atoms with van der Waals surface area (Å²) < 4.78 is 16.5. The summed E-state index contributed by atoms with van der Waals surface area (Å²) in [4.78, 5) is 14.9. The second kappa shape index (κ2) is 4.90. The maximum atomic E-state index is 14.2. The fourth-order valence-electron chi connectivity index (χ4n) is 2.30. The standard InChI is InChI=1S/C15H12BrFN2O/c1-9-3-2-4-14(20)19(9)8-11-12(17)7-13-10(15(11)16)5-6-18-13/h2-7,18H,8H2,1H3. The van der Waals surface area contributed by atoms with Crippen LogP contribution < -0.4 is 5.56 Å². The first-order chi connectivity index (χ1) is 9.58. The number of nitrogens with zero attached hydrogens (tertiary/aromatic N) is 1. The van der Waals surface area contributed by atoms with Crippen LogP contribution in [-0.2, 0) is 6.54 Å². The van der Waals surface area contributed by atoms with Gasteiger partial charge in [-0.25, -0.2) is 4.39 Å². The fourth-order valence-corrected chi connectivity index (χ4v) is 2.96. The average Bonchev–Trinajstić information content (AvgIpc) is 2.85. The Morgan fingerprint density at radius 3 is 2.90 bits per heavy atom. The smallest absolute Gasteiger partial charge is 0.251 e. The second-order valence-corrected chi connectivity index (χ2v) is 5.47. The van der Waals surface area contributed by atoms with E-state index in [4.69, 9.17) is 0 Å². The predicted octanol–water partition coefficient (Wildman–Crippen LogP) is 3.59. The molecule has 2 heterocycles. The highest BCUT2D eigenvalue weighted by atomic mass is 79.9. The molecule has 0 saturated carbocycles. The number of nitrogens with one attached hydrogen (secondary N) is 1. The predicted molar refractivity (Wildman–Crippen MR) is 80.5 cm³/mol. The third-order valence-electron chi connectivity index (χ3n) is 3.42. The third-order valence-corrected chi connectivity index (χ3v) is 4.33. The first-order valence-electron chi connectivity index (χ1n) is 6.18. The number of hydrogen-bond acceptors (Lipinski definition) is 1. The summed E-state index contributed by atoms with van der Waals surface area (Å²) in [6.45, 7) is 2.04. The highest BCUT2D eigenvalue weighted by Crippen LogP contribution is 2.30. The summed E-state index contributed by atoms with van der Waals surface area (Å²) in [5.41, 5.74) is 1.88. The number of benzene rings is 1. The van der Waals surface area contributed by atoms with Gasteiger partial charge in [-0.1, -0.05) is 6.07 Å². The first-order valence-corrected chi connectivity index (χ1v) is 6.97. The van der Waals surface area contributed by atoms with Gasteiger partial charge in [0.15, 0.2) is 0 Å². The van der Waals surface area contributed by atoms with Crippen molar-refractivity contribution >= 4 is 26.8 Å². The average molecular weight is 335 g/mol. The fraction of sp³-hybridized carbons (Fsp3) is 0.133. The topological polar surface area (TPSA) is 37.8 Å². The molecule has 0 bridgehead atoms. The van der Waals surface area contributed by atoms with Crippen LogP contribution in [0.4, 0.5) is 4.39 Å². The van der Waals surface area contributed by atoms with Crippen LogP contribution in [0.25, 0.3) is 10.9 Å². The molecule has 5 heteroatoms. The largest absolute Gasteiger partial charge is 0.361 e. The molecule has 102 valence electrons. The summed E-state index contributed by atoms with van der Waals surface area (Å²) in [7, 11) is 0. The van der Waals surface area contributed by atoms with Gasteiger partial charge in [0.05, 0.1) is 6.54 Å². The molecule has 3 rings (SSSR count). The van der Waals surface area contributed by atoms with Crippen molar-refractivity contribution in [2.45, 2.75) is 13.5 Å². The number of H-pyrrole nitrogens is 1. The van der Waals surface area contributed by atoms with Crippen LogP contribution >= 0.6 is 15.9 Å². The molecule has 20 heavy (non-hydrogen) atoms. The van der Waals surface area contributed by atoms with Crippen LogP contribution in [0.3, 0.4) is 0 Å². The highest BCUT2D eigenvalue weighted by molar-refractivity contribution is 9.10. The van der Waals surface area contributed by atoms with Gasteiger partial charge < -0.3 is 9.55 Å². The van der Waals surface area contributed by atoms with Crippen molar-refractivity contribution in [2.24, 2.45) is 0 Å². The van der Waals surface area contributed by atoms with Crippen LogP contribution in [0.5, 0.6) is 0 Å². The van der Waals surface area contributed by atoms with Gasteiger partial charge in [-0.05, 0) is 41.1 Å². The number of rotatable bonds is 2. The molecule has 0 aliphatic heterocycles. The minimum Gasteiger partial charge on any atom is -0.361 e. The van der Waals surface area contributed by atoms with E-state index in [9.17, 15) is 9.18 Å². The Bertz CT molecular complexity index is 851. The van der Waals surface area contributed by atoms with Gasteiger partial charge in [0.25, 0.3) is 5.56 Å². The molecule has 0 radical (unpaired) electrons. The number of halogens is 2. The zero-order valence-corrected chi connectivity index (χ0v) is 12.4. The van der Waals surface area contributed by atoms with E-state index in [1.54, 1.807) is 16.8 Å². The lowest BCUT2D eigenvalue weighted by molar-refractivity contribution is 0.593. The van der Waals surface area contributed by atoms with Crippen LogP contribution in [0.2, 0.25) is 0 Å². The minimum atomic E-state index is -0.332. The molecule has 0 aliphatic rings. The van der Waals surface area contributed by atoms with Gasteiger partial charge in [-0.2, -0.15) is 0 Å². The van der Waals surface area contributed by atoms with Crippen molar-refractivity contribution in [1.29, 1.82) is 0 Å². The molecule has 1 aromatic carbocycles. The van der Waals surface area contributed by atoms with Crippen molar-refractivity contribution in [3.8, 4) is 0 Å². The molecule has 2 aromatic heterocycles. The zero-order valence-electron chi connectivity index (χ0n) is 10.8. The molecule has 0 aliphatic carbocycles. The lowest BCUT2D eigenvalue weighted by Crippen LogP contribution is -2.22. The van der Waals surface area contributed by atoms with Crippen molar-refractivity contribution in [2.75, 3.05) is 0 Å². The molecule has 1 N–H and O–H groups in total. The molecule has 3 aromatic rings. The van der Waals surface area contributed by atoms with E-state index in [-0.39, 0.29) is 17.9 Å². The Kier molecular flexibility index (Phi) is 3.22. The number of pyridine rings is 1. The van der Waals surface area contributed by atoms with Gasteiger partial charge in [0, 0.05) is 38.9 Å². The van der Waals surface area contributed by atoms with E-state index < -0.39 is 0 Å². The monoisotopic (exact) mass is 334 g/mol. The van der Waals surface area contributed by atoms with E-state index >= 15 is 0 Å². The molecule has 0 unspecified atom stereocenters. The molecule has 0 spiro atoms. The van der Waals surface area contributed by atoms with E-state index in [2.05, 4.69) is 20.9 Å². The van der Waals surface area contributed by atoms with Crippen LogP contribution in [-0.4, -0.2) is 9.55 Å². The maximum absolute atomic E-state index is 14.2. The van der Waals surface area contributed by atoms with Crippen molar-refractivity contribution in [3.63, 3.8) is 0 Å². The first kappa shape index (κ1) is 13.1. The summed E-state index contributed by atoms with van der Waals surface area (Å²) in [5, 5.41) is 0.906. The number of aromatic nitrogens is 2. The SMILES string of the molecule is Cc1cccc(=O)n1Cc1c(F)cc2[nH]ccc2c1Br. The van der Waals surface area contributed by atoms with Gasteiger partial charge in [-0.15, -0.1) is 0 Å². The Hall–Kier alpha value is -1.88. The Balaban J connectivity index is 2.18. The molecule has 0 atom stereocenters. The van der Waals surface area contributed by atoms with Gasteiger partial charge in [0.2, 0.25) is 0 Å². The Morgan fingerprint density at radius 1 is 1.35 bits per heavy atom. The Morgan fingerprint density at radius 2 is 2.15 bits per heavy atom. The van der Waals surface area contributed by atoms with Crippen LogP contribution in [0.1, 0.15) is 11.3 Å². The van der Waals surface area contributed by atoms with Crippen molar-refractivity contribution in [1.82, 2.24) is 9.55 Å². The van der Waals surface area contributed by atoms with Gasteiger partial charge >= 0.3 is 0 Å². The summed E-state index contributed by atoms with van der Waals surface area (Å²) in [5.74, 6) is -0.332. The number of aromatic amines is 1. The van der Waals surface area contributed by atoms with Crippen LogP contribution in [0.15, 0.2) is 45.8 Å². The highest BCUT2D eigenvalue weighted by Gasteiger charge is 2.14. The second-order valence-electron chi connectivity index (χ2n) is 4.68. The normalized spacial score (nSPS) is 11.2. The number of aryl methyl sites for hydroxylation is 1. The molecule has 3 nitrogen and oxygen atoms in total. The quantitative estimate of drug-likeness (QED) is 0.764. The molecular weight excluding hydrogens is 323 g/mol. The lowest BCUT2D eigenvalue weighted by atomic mass is 10.1. The molecule has 0 amide bonds.